The first kappa shape index (κ1) is 19.0. The molecule has 0 spiro atoms. The lowest BCUT2D eigenvalue weighted by molar-refractivity contribution is -0.123. The minimum atomic E-state index is -0.256. The first-order valence-corrected chi connectivity index (χ1v) is 10.1. The van der Waals surface area contributed by atoms with Crippen LogP contribution in [0, 0.1) is 0 Å². The molecule has 2 amide bonds. The minimum absolute atomic E-state index is 0.243. The molecule has 0 unspecified atom stereocenters. The summed E-state index contributed by atoms with van der Waals surface area (Å²) in [5.41, 5.74) is 2.88. The van der Waals surface area contributed by atoms with Gasteiger partial charge in [0.05, 0.1) is 11.4 Å². The molecule has 5 heteroatoms. The van der Waals surface area contributed by atoms with Gasteiger partial charge in [-0.2, -0.15) is 0 Å². The van der Waals surface area contributed by atoms with Crippen LogP contribution in [0.2, 0.25) is 0 Å². The Morgan fingerprint density at radius 3 is 2.07 bits per heavy atom. The summed E-state index contributed by atoms with van der Waals surface area (Å²) in [6.07, 6.45) is 1.75. The highest BCUT2D eigenvalue weighted by Crippen LogP contribution is 2.33. The molecule has 0 aliphatic carbocycles. The van der Waals surface area contributed by atoms with Crippen LogP contribution in [0.5, 0.6) is 5.75 Å². The van der Waals surface area contributed by atoms with E-state index in [-0.39, 0.29) is 17.7 Å². The average Bonchev–Trinajstić information content (AvgIpc) is 3.02. The van der Waals surface area contributed by atoms with Gasteiger partial charge < -0.3 is 4.74 Å². The molecule has 1 aliphatic heterocycles. The lowest BCUT2D eigenvalue weighted by Crippen LogP contribution is -2.27. The van der Waals surface area contributed by atoms with Crippen molar-refractivity contribution in [3.8, 4) is 5.75 Å². The normalized spacial score (nSPS) is 15.2. The molecule has 0 aromatic heterocycles. The summed E-state index contributed by atoms with van der Waals surface area (Å²) in [4.78, 5) is 26.6. The highest BCUT2D eigenvalue weighted by atomic mass is 32.2. The Balaban J connectivity index is 1.41. The third kappa shape index (κ3) is 4.76. The van der Waals surface area contributed by atoms with Crippen LogP contribution >= 0.6 is 11.8 Å². The molecule has 3 aromatic rings. The number of imide groups is 1. The van der Waals surface area contributed by atoms with Crippen LogP contribution in [0.1, 0.15) is 16.7 Å². The van der Waals surface area contributed by atoms with Gasteiger partial charge in [-0.25, -0.2) is 0 Å². The maximum Gasteiger partial charge on any atom is 0.293 e. The van der Waals surface area contributed by atoms with Crippen molar-refractivity contribution < 1.29 is 14.3 Å². The number of hydrogen-bond donors (Lipinski definition) is 0. The summed E-state index contributed by atoms with van der Waals surface area (Å²) in [5, 5.41) is -0.243. The van der Waals surface area contributed by atoms with Crippen molar-refractivity contribution >= 4 is 29.0 Å². The van der Waals surface area contributed by atoms with Crippen molar-refractivity contribution in [3.63, 3.8) is 0 Å². The Labute approximate surface area is 173 Å². The van der Waals surface area contributed by atoms with E-state index in [2.05, 4.69) is 0 Å². The lowest BCUT2D eigenvalue weighted by atomic mass is 10.2. The summed E-state index contributed by atoms with van der Waals surface area (Å²) in [7, 11) is 0. The highest BCUT2D eigenvalue weighted by Gasteiger charge is 2.34. The smallest absolute Gasteiger partial charge is 0.293 e. The summed E-state index contributed by atoms with van der Waals surface area (Å²) in [6, 6.07) is 27.0. The highest BCUT2D eigenvalue weighted by molar-refractivity contribution is 8.18. The number of ether oxygens (including phenoxy) is 1. The first-order valence-electron chi connectivity index (χ1n) is 9.25. The fraction of sp³-hybridized carbons (Fsp3) is 0.0833. The maximum absolute atomic E-state index is 12.6. The molecule has 4 nitrogen and oxygen atoms in total. The molecule has 0 bridgehead atoms. The molecule has 0 saturated carbocycles. The summed E-state index contributed by atoms with van der Waals surface area (Å²) in [6.45, 7) is 0.785. The quantitative estimate of drug-likeness (QED) is 0.512. The molecular formula is C24H19NO3S. The van der Waals surface area contributed by atoms with Gasteiger partial charge in [0.1, 0.15) is 12.4 Å². The second-order valence-electron chi connectivity index (χ2n) is 6.60. The average molecular weight is 401 g/mol. The van der Waals surface area contributed by atoms with E-state index in [0.717, 1.165) is 34.2 Å². The predicted molar refractivity (Wildman–Crippen MR) is 115 cm³/mol. The number of carbonyl (C=O) groups excluding carboxylic acids is 2. The van der Waals surface area contributed by atoms with Crippen LogP contribution < -0.4 is 4.74 Å². The fourth-order valence-electron chi connectivity index (χ4n) is 2.95. The van der Waals surface area contributed by atoms with Crippen molar-refractivity contribution in [2.24, 2.45) is 0 Å². The van der Waals surface area contributed by atoms with Crippen LogP contribution in [0.4, 0.5) is 4.79 Å². The summed E-state index contributed by atoms with van der Waals surface area (Å²) < 4.78 is 5.78. The van der Waals surface area contributed by atoms with Crippen LogP contribution in [0.3, 0.4) is 0 Å². The number of thioether (sulfide) groups is 1. The van der Waals surface area contributed by atoms with Gasteiger partial charge in [-0.3, -0.25) is 14.5 Å². The number of carbonyl (C=O) groups is 2. The van der Waals surface area contributed by atoms with Gasteiger partial charge in [-0.15, -0.1) is 0 Å². The van der Waals surface area contributed by atoms with E-state index in [1.807, 2.05) is 84.9 Å². The Bertz CT molecular complexity index is 1030. The number of rotatable bonds is 6. The predicted octanol–water partition coefficient (Wildman–Crippen LogP) is 5.50. The molecule has 0 N–H and O–H groups in total. The largest absolute Gasteiger partial charge is 0.489 e. The van der Waals surface area contributed by atoms with Crippen LogP contribution in [0.15, 0.2) is 89.8 Å². The van der Waals surface area contributed by atoms with Crippen molar-refractivity contribution in [1.82, 2.24) is 4.90 Å². The van der Waals surface area contributed by atoms with E-state index in [1.165, 1.54) is 4.90 Å². The number of benzene rings is 3. The third-order valence-electron chi connectivity index (χ3n) is 4.48. The van der Waals surface area contributed by atoms with E-state index in [9.17, 15) is 9.59 Å². The zero-order chi connectivity index (χ0) is 20.1. The van der Waals surface area contributed by atoms with Crippen molar-refractivity contribution in [2.45, 2.75) is 13.2 Å². The standard InChI is InChI=1S/C24H19NO3S/c26-23-22(29-24(27)25(23)16-19-7-3-1-4-8-19)15-18-11-13-21(14-12-18)28-17-20-9-5-2-6-10-20/h1-15H,16-17H2/b22-15-. The number of nitrogens with zero attached hydrogens (tertiary/aromatic N) is 1. The second-order valence-corrected chi connectivity index (χ2v) is 7.59. The molecule has 4 rings (SSSR count). The van der Waals surface area contributed by atoms with Gasteiger partial charge in [0.2, 0.25) is 0 Å². The number of amides is 2. The molecule has 1 fully saturated rings. The van der Waals surface area contributed by atoms with Crippen molar-refractivity contribution in [2.75, 3.05) is 0 Å². The minimum Gasteiger partial charge on any atom is -0.489 e. The monoisotopic (exact) mass is 401 g/mol. The van der Waals surface area contributed by atoms with E-state index in [0.29, 0.717) is 11.5 Å². The summed E-state index contributed by atoms with van der Waals surface area (Å²) >= 11 is 0.975. The molecule has 1 aliphatic rings. The van der Waals surface area contributed by atoms with Gasteiger partial charge in [-0.1, -0.05) is 72.8 Å². The Morgan fingerprint density at radius 2 is 1.41 bits per heavy atom. The third-order valence-corrected chi connectivity index (χ3v) is 5.39. The van der Waals surface area contributed by atoms with E-state index >= 15 is 0 Å². The Morgan fingerprint density at radius 1 is 0.793 bits per heavy atom. The van der Waals surface area contributed by atoms with Crippen molar-refractivity contribution in [3.05, 3.63) is 107 Å². The van der Waals surface area contributed by atoms with Crippen molar-refractivity contribution in [1.29, 1.82) is 0 Å². The SMILES string of the molecule is O=C1S/C(=C\c2ccc(OCc3ccccc3)cc2)C(=O)N1Cc1ccccc1. The van der Waals surface area contributed by atoms with E-state index < -0.39 is 0 Å². The van der Waals surface area contributed by atoms with Gasteiger partial charge in [0, 0.05) is 0 Å². The molecule has 0 radical (unpaired) electrons. The van der Waals surface area contributed by atoms with Crippen LogP contribution in [-0.4, -0.2) is 16.0 Å². The second kappa shape index (κ2) is 8.80. The van der Waals surface area contributed by atoms with Gasteiger partial charge >= 0.3 is 0 Å². The topological polar surface area (TPSA) is 46.6 Å². The summed E-state index contributed by atoms with van der Waals surface area (Å²) in [5.74, 6) is 0.497. The zero-order valence-electron chi connectivity index (χ0n) is 15.7. The van der Waals surface area contributed by atoms with Crippen LogP contribution in [-0.2, 0) is 17.9 Å². The van der Waals surface area contributed by atoms with E-state index in [4.69, 9.17) is 4.74 Å². The molecule has 144 valence electrons. The molecule has 29 heavy (non-hydrogen) atoms. The molecule has 0 atom stereocenters. The van der Waals surface area contributed by atoms with Gasteiger partial charge in [0.15, 0.2) is 0 Å². The fourth-order valence-corrected chi connectivity index (χ4v) is 3.79. The molecular weight excluding hydrogens is 382 g/mol. The Hall–Kier alpha value is -3.31. The maximum atomic E-state index is 12.6. The van der Waals surface area contributed by atoms with E-state index in [1.54, 1.807) is 6.08 Å². The zero-order valence-corrected chi connectivity index (χ0v) is 16.5. The van der Waals surface area contributed by atoms with Crippen LogP contribution in [0.25, 0.3) is 6.08 Å². The Kier molecular flexibility index (Phi) is 5.77. The first-order chi connectivity index (χ1) is 14.2. The van der Waals surface area contributed by atoms with Gasteiger partial charge in [-0.05, 0) is 46.7 Å². The molecule has 3 aromatic carbocycles. The number of hydrogen-bond acceptors (Lipinski definition) is 4. The molecule has 1 saturated heterocycles. The molecule has 1 heterocycles. The lowest BCUT2D eigenvalue weighted by Gasteiger charge is -2.12. The van der Waals surface area contributed by atoms with Gasteiger partial charge in [0.25, 0.3) is 11.1 Å².